The van der Waals surface area contributed by atoms with E-state index >= 15 is 0 Å². The van der Waals surface area contributed by atoms with Gasteiger partial charge in [-0.15, -0.1) is 24.0 Å². The molecule has 2 heterocycles. The highest BCUT2D eigenvalue weighted by Gasteiger charge is 2.34. The van der Waals surface area contributed by atoms with Crippen LogP contribution in [0.4, 0.5) is 13.2 Å². The SMILES string of the molecule is CCNC(=NCCc1ccc2c(c1)OCO2)NC1CCN(CC(F)(F)F)C1.I. The number of aliphatic imine (C=N–C) groups is 1. The predicted molar refractivity (Wildman–Crippen MR) is 112 cm³/mol. The van der Waals surface area contributed by atoms with Crippen LogP contribution in [-0.4, -0.2) is 62.6 Å². The molecular weight excluding hydrogens is 488 g/mol. The maximum absolute atomic E-state index is 12.5. The average molecular weight is 514 g/mol. The summed E-state index contributed by atoms with van der Waals surface area (Å²) in [7, 11) is 0. The van der Waals surface area contributed by atoms with E-state index in [4.69, 9.17) is 9.47 Å². The molecule has 0 bridgehead atoms. The van der Waals surface area contributed by atoms with E-state index in [-0.39, 0.29) is 36.8 Å². The number of nitrogens with zero attached hydrogens (tertiary/aromatic N) is 2. The standard InChI is InChI=1S/C18H25F3N4O2.HI/c1-2-22-17(24-14-6-8-25(10-14)11-18(19,20)21)23-7-5-13-3-4-15-16(9-13)27-12-26-15;/h3-4,9,14H,2,5-8,10-12H2,1H3,(H2,22,23,24);1H. The number of fused-ring (bicyclic) bond motifs is 1. The Hall–Kier alpha value is -1.43. The molecule has 1 unspecified atom stereocenters. The van der Waals surface area contributed by atoms with E-state index < -0.39 is 12.7 Å². The smallest absolute Gasteiger partial charge is 0.401 e. The highest BCUT2D eigenvalue weighted by molar-refractivity contribution is 14.0. The lowest BCUT2D eigenvalue weighted by Crippen LogP contribution is -2.45. The number of hydrogen-bond donors (Lipinski definition) is 2. The second-order valence-electron chi connectivity index (χ2n) is 6.68. The molecule has 0 amide bonds. The Labute approximate surface area is 179 Å². The topological polar surface area (TPSA) is 58.1 Å². The van der Waals surface area contributed by atoms with Crippen molar-refractivity contribution in [2.75, 3.05) is 39.5 Å². The summed E-state index contributed by atoms with van der Waals surface area (Å²) in [4.78, 5) is 5.97. The van der Waals surface area contributed by atoms with Gasteiger partial charge in [-0.2, -0.15) is 13.2 Å². The number of alkyl halides is 3. The molecule has 28 heavy (non-hydrogen) atoms. The average Bonchev–Trinajstić information content (AvgIpc) is 3.22. The van der Waals surface area contributed by atoms with E-state index in [1.165, 1.54) is 4.90 Å². The fourth-order valence-electron chi connectivity index (χ4n) is 3.25. The maximum Gasteiger partial charge on any atom is 0.401 e. The fraction of sp³-hybridized carbons (Fsp3) is 0.611. The molecule has 2 N–H and O–H groups in total. The van der Waals surface area contributed by atoms with Crippen LogP contribution in [0.5, 0.6) is 11.5 Å². The molecule has 1 aromatic rings. The quantitative estimate of drug-likeness (QED) is 0.348. The molecule has 2 aliphatic rings. The van der Waals surface area contributed by atoms with Gasteiger partial charge < -0.3 is 20.1 Å². The van der Waals surface area contributed by atoms with Crippen molar-refractivity contribution in [2.45, 2.75) is 32.0 Å². The van der Waals surface area contributed by atoms with Crippen molar-refractivity contribution in [1.82, 2.24) is 15.5 Å². The summed E-state index contributed by atoms with van der Waals surface area (Å²) in [6, 6.07) is 5.79. The first-order valence-electron chi connectivity index (χ1n) is 9.15. The van der Waals surface area contributed by atoms with Crippen LogP contribution in [0, 0.1) is 0 Å². The predicted octanol–water partition coefficient (Wildman–Crippen LogP) is 2.77. The molecule has 0 aromatic heterocycles. The van der Waals surface area contributed by atoms with Gasteiger partial charge in [-0.1, -0.05) is 6.07 Å². The van der Waals surface area contributed by atoms with Gasteiger partial charge in [0.2, 0.25) is 6.79 Å². The molecule has 6 nitrogen and oxygen atoms in total. The Morgan fingerprint density at radius 3 is 2.82 bits per heavy atom. The molecule has 1 atom stereocenters. The highest BCUT2D eigenvalue weighted by atomic mass is 127. The zero-order valence-corrected chi connectivity index (χ0v) is 18.0. The van der Waals surface area contributed by atoms with E-state index in [0.717, 1.165) is 23.5 Å². The van der Waals surface area contributed by atoms with Crippen molar-refractivity contribution in [2.24, 2.45) is 4.99 Å². The summed E-state index contributed by atoms with van der Waals surface area (Å²) in [6.45, 7) is 3.41. The number of hydrogen-bond acceptors (Lipinski definition) is 4. The Balaban J connectivity index is 0.00000280. The van der Waals surface area contributed by atoms with Crippen LogP contribution >= 0.6 is 24.0 Å². The molecule has 2 aliphatic heterocycles. The van der Waals surface area contributed by atoms with Crippen molar-refractivity contribution in [3.63, 3.8) is 0 Å². The largest absolute Gasteiger partial charge is 0.454 e. The zero-order valence-electron chi connectivity index (χ0n) is 15.7. The third-order valence-electron chi connectivity index (χ3n) is 4.47. The number of benzene rings is 1. The maximum atomic E-state index is 12.5. The van der Waals surface area contributed by atoms with Crippen molar-refractivity contribution in [1.29, 1.82) is 0 Å². The molecule has 3 rings (SSSR count). The van der Waals surface area contributed by atoms with E-state index in [1.807, 2.05) is 25.1 Å². The number of halogens is 4. The van der Waals surface area contributed by atoms with Gasteiger partial charge >= 0.3 is 6.18 Å². The first-order chi connectivity index (χ1) is 12.9. The first-order valence-corrected chi connectivity index (χ1v) is 9.15. The molecule has 0 aliphatic carbocycles. The van der Waals surface area contributed by atoms with Crippen LogP contribution in [0.25, 0.3) is 0 Å². The van der Waals surface area contributed by atoms with Gasteiger partial charge in [0.1, 0.15) is 0 Å². The lowest BCUT2D eigenvalue weighted by atomic mass is 10.1. The minimum atomic E-state index is -4.15. The first kappa shape index (κ1) is 22.9. The molecule has 0 radical (unpaired) electrons. The van der Waals surface area contributed by atoms with Crippen molar-refractivity contribution >= 4 is 29.9 Å². The molecule has 10 heteroatoms. The number of guanidine groups is 1. The van der Waals surface area contributed by atoms with E-state index in [0.29, 0.717) is 38.6 Å². The second-order valence-corrected chi connectivity index (χ2v) is 6.68. The van der Waals surface area contributed by atoms with Gasteiger partial charge in [0.25, 0.3) is 0 Å². The molecule has 0 saturated carbocycles. The van der Waals surface area contributed by atoms with Crippen molar-refractivity contribution in [3.8, 4) is 11.5 Å². The zero-order chi connectivity index (χ0) is 19.3. The van der Waals surface area contributed by atoms with Gasteiger partial charge in [0, 0.05) is 32.2 Å². The van der Waals surface area contributed by atoms with Gasteiger partial charge in [0.05, 0.1) is 6.54 Å². The summed E-state index contributed by atoms with van der Waals surface area (Å²) in [5, 5.41) is 6.40. The lowest BCUT2D eigenvalue weighted by molar-refractivity contribution is -0.143. The molecular formula is C18H26F3IN4O2. The highest BCUT2D eigenvalue weighted by Crippen LogP contribution is 2.32. The van der Waals surface area contributed by atoms with E-state index in [1.54, 1.807) is 0 Å². The number of likely N-dealkylation sites (tertiary alicyclic amines) is 1. The number of rotatable bonds is 6. The summed E-state index contributed by atoms with van der Waals surface area (Å²) in [6.07, 6.45) is -2.75. The summed E-state index contributed by atoms with van der Waals surface area (Å²) in [5.41, 5.74) is 1.09. The molecule has 1 saturated heterocycles. The molecule has 1 fully saturated rings. The Bertz CT molecular complexity index is 673. The molecule has 158 valence electrons. The normalized spacial score (nSPS) is 19.4. The van der Waals surface area contributed by atoms with Gasteiger partial charge in [0.15, 0.2) is 17.5 Å². The van der Waals surface area contributed by atoms with Gasteiger partial charge in [-0.3, -0.25) is 9.89 Å². The van der Waals surface area contributed by atoms with Gasteiger partial charge in [-0.25, -0.2) is 0 Å². The fourth-order valence-corrected chi connectivity index (χ4v) is 3.25. The van der Waals surface area contributed by atoms with Crippen LogP contribution in [-0.2, 0) is 6.42 Å². The summed E-state index contributed by atoms with van der Waals surface area (Å²) >= 11 is 0. The van der Waals surface area contributed by atoms with E-state index in [9.17, 15) is 13.2 Å². The minimum Gasteiger partial charge on any atom is -0.454 e. The van der Waals surface area contributed by atoms with Crippen molar-refractivity contribution in [3.05, 3.63) is 23.8 Å². The second kappa shape index (κ2) is 10.4. The molecule has 0 spiro atoms. The Morgan fingerprint density at radius 2 is 2.07 bits per heavy atom. The summed E-state index contributed by atoms with van der Waals surface area (Å²) < 4.78 is 48.2. The minimum absolute atomic E-state index is 0. The van der Waals surface area contributed by atoms with Crippen LogP contribution < -0.4 is 20.1 Å². The third-order valence-corrected chi connectivity index (χ3v) is 4.47. The Kier molecular flexibility index (Phi) is 8.47. The third kappa shape index (κ3) is 6.87. The lowest BCUT2D eigenvalue weighted by Gasteiger charge is -2.19. The van der Waals surface area contributed by atoms with Crippen molar-refractivity contribution < 1.29 is 22.6 Å². The van der Waals surface area contributed by atoms with Crippen LogP contribution in [0.15, 0.2) is 23.2 Å². The monoisotopic (exact) mass is 514 g/mol. The van der Waals surface area contributed by atoms with Crippen LogP contribution in [0.3, 0.4) is 0 Å². The molecule has 1 aromatic carbocycles. The summed E-state index contributed by atoms with van der Waals surface area (Å²) in [5.74, 6) is 2.14. The number of nitrogens with one attached hydrogen (secondary N) is 2. The van der Waals surface area contributed by atoms with Crippen LogP contribution in [0.1, 0.15) is 18.9 Å². The Morgan fingerprint density at radius 1 is 1.29 bits per heavy atom. The van der Waals surface area contributed by atoms with Gasteiger partial charge in [-0.05, 0) is 37.5 Å². The van der Waals surface area contributed by atoms with E-state index in [2.05, 4.69) is 15.6 Å². The van der Waals surface area contributed by atoms with Crippen LogP contribution in [0.2, 0.25) is 0 Å². The number of ether oxygens (including phenoxy) is 2.